The summed E-state index contributed by atoms with van der Waals surface area (Å²) in [6.45, 7) is 2.14. The lowest BCUT2D eigenvalue weighted by Crippen LogP contribution is -2.34. The Kier molecular flexibility index (Phi) is 5.90. The maximum absolute atomic E-state index is 12.5. The molecule has 4 unspecified atom stereocenters. The van der Waals surface area contributed by atoms with Crippen LogP contribution in [0.3, 0.4) is 0 Å². The highest BCUT2D eigenvalue weighted by atomic mass is 16.5. The number of methoxy groups -OCH3 is 2. The fourth-order valence-corrected chi connectivity index (χ4v) is 4.49. The largest absolute Gasteiger partial charge is 0.497 e. The highest BCUT2D eigenvalue weighted by Gasteiger charge is 2.41. The maximum atomic E-state index is 12.5. The molecule has 6 nitrogen and oxygen atoms in total. The second kappa shape index (κ2) is 8.34. The number of benzene rings is 1. The number of amides is 1. The highest BCUT2D eigenvalue weighted by Crippen LogP contribution is 2.49. The minimum absolute atomic E-state index is 0.0369. The standard InChI is InChI=1S/C21H27N3O3/c1-13(18-9-14-4-5-15(18)8-14)23-12-16(11-22)21(25)24-19-10-17(26-2)6-7-20(19)27-3/h6-7,10,12-15,18,23H,4-5,8-9H2,1-3H3,(H,24,25)/b16-12-. The molecular weight excluding hydrogens is 342 g/mol. The van der Waals surface area contributed by atoms with Crippen LogP contribution in [-0.2, 0) is 4.79 Å². The zero-order chi connectivity index (χ0) is 19.4. The molecule has 0 spiro atoms. The summed E-state index contributed by atoms with van der Waals surface area (Å²) in [6.07, 6.45) is 6.80. The van der Waals surface area contributed by atoms with E-state index in [4.69, 9.17) is 9.47 Å². The summed E-state index contributed by atoms with van der Waals surface area (Å²) in [6, 6.07) is 7.35. The van der Waals surface area contributed by atoms with Crippen molar-refractivity contribution in [3.63, 3.8) is 0 Å². The number of nitriles is 1. The highest BCUT2D eigenvalue weighted by molar-refractivity contribution is 6.07. The Hall–Kier alpha value is -2.68. The third kappa shape index (κ3) is 4.19. The van der Waals surface area contributed by atoms with Gasteiger partial charge in [-0.05, 0) is 56.1 Å². The molecule has 2 fully saturated rings. The lowest BCUT2D eigenvalue weighted by atomic mass is 9.84. The topological polar surface area (TPSA) is 83.4 Å². The first-order chi connectivity index (χ1) is 13.0. The van der Waals surface area contributed by atoms with Gasteiger partial charge in [0.15, 0.2) is 0 Å². The average Bonchev–Trinajstić information content (AvgIpc) is 3.31. The van der Waals surface area contributed by atoms with Crippen molar-refractivity contribution in [2.75, 3.05) is 19.5 Å². The summed E-state index contributed by atoms with van der Waals surface area (Å²) in [7, 11) is 3.08. The third-order valence-corrected chi connectivity index (χ3v) is 5.95. The van der Waals surface area contributed by atoms with Gasteiger partial charge in [0, 0.05) is 18.3 Å². The zero-order valence-electron chi connectivity index (χ0n) is 16.1. The molecule has 1 aromatic rings. The number of ether oxygens (including phenoxy) is 2. The molecule has 0 saturated heterocycles. The Morgan fingerprint density at radius 1 is 1.30 bits per heavy atom. The van der Waals surface area contributed by atoms with Crippen LogP contribution in [0.25, 0.3) is 0 Å². The second-order valence-electron chi connectivity index (χ2n) is 7.48. The number of rotatable bonds is 7. The number of hydrogen-bond acceptors (Lipinski definition) is 5. The summed E-state index contributed by atoms with van der Waals surface area (Å²) in [5, 5.41) is 15.4. The zero-order valence-corrected chi connectivity index (χ0v) is 16.1. The summed E-state index contributed by atoms with van der Waals surface area (Å²) in [5.74, 6) is 2.90. The summed E-state index contributed by atoms with van der Waals surface area (Å²) >= 11 is 0. The van der Waals surface area contributed by atoms with Gasteiger partial charge in [-0.25, -0.2) is 0 Å². The molecule has 6 heteroatoms. The number of carbonyl (C=O) groups excluding carboxylic acids is 1. The van der Waals surface area contributed by atoms with Crippen LogP contribution in [0.15, 0.2) is 30.0 Å². The molecule has 2 aliphatic rings. The van der Waals surface area contributed by atoms with Crippen LogP contribution < -0.4 is 20.1 Å². The number of nitrogens with zero attached hydrogens (tertiary/aromatic N) is 1. The van der Waals surface area contributed by atoms with E-state index in [9.17, 15) is 10.1 Å². The lowest BCUT2D eigenvalue weighted by molar-refractivity contribution is -0.112. The molecule has 0 aromatic heterocycles. The Bertz CT molecular complexity index is 768. The van der Waals surface area contributed by atoms with E-state index in [1.54, 1.807) is 31.5 Å². The second-order valence-corrected chi connectivity index (χ2v) is 7.48. The maximum Gasteiger partial charge on any atom is 0.267 e. The van der Waals surface area contributed by atoms with Crippen molar-refractivity contribution in [3.05, 3.63) is 30.0 Å². The van der Waals surface area contributed by atoms with Crippen molar-refractivity contribution in [3.8, 4) is 17.6 Å². The van der Waals surface area contributed by atoms with Crippen molar-refractivity contribution < 1.29 is 14.3 Å². The lowest BCUT2D eigenvalue weighted by Gasteiger charge is -2.28. The molecule has 0 radical (unpaired) electrons. The van der Waals surface area contributed by atoms with Gasteiger partial charge in [-0.15, -0.1) is 0 Å². The summed E-state index contributed by atoms with van der Waals surface area (Å²) in [5.41, 5.74) is 0.499. The number of nitrogens with one attached hydrogen (secondary N) is 2. The van der Waals surface area contributed by atoms with Crippen molar-refractivity contribution >= 4 is 11.6 Å². The number of fused-ring (bicyclic) bond motifs is 2. The minimum Gasteiger partial charge on any atom is -0.497 e. The van der Waals surface area contributed by atoms with Crippen LogP contribution in [0.1, 0.15) is 32.6 Å². The van der Waals surface area contributed by atoms with Gasteiger partial charge >= 0.3 is 0 Å². The van der Waals surface area contributed by atoms with E-state index < -0.39 is 5.91 Å². The fraction of sp³-hybridized carbons (Fsp3) is 0.524. The van der Waals surface area contributed by atoms with Gasteiger partial charge < -0.3 is 20.1 Å². The molecule has 0 heterocycles. The molecule has 2 saturated carbocycles. The van der Waals surface area contributed by atoms with E-state index in [0.717, 1.165) is 11.8 Å². The van der Waals surface area contributed by atoms with E-state index >= 15 is 0 Å². The van der Waals surface area contributed by atoms with Gasteiger partial charge in [-0.2, -0.15) is 5.26 Å². The van der Waals surface area contributed by atoms with E-state index in [-0.39, 0.29) is 11.6 Å². The van der Waals surface area contributed by atoms with Crippen molar-refractivity contribution in [1.82, 2.24) is 5.32 Å². The van der Waals surface area contributed by atoms with Crippen LogP contribution in [0.5, 0.6) is 11.5 Å². The Morgan fingerprint density at radius 3 is 2.70 bits per heavy atom. The van der Waals surface area contributed by atoms with Gasteiger partial charge in [0.25, 0.3) is 5.91 Å². The Labute approximate surface area is 160 Å². The molecule has 144 valence electrons. The predicted octanol–water partition coefficient (Wildman–Crippen LogP) is 3.46. The summed E-state index contributed by atoms with van der Waals surface area (Å²) in [4.78, 5) is 12.5. The molecule has 2 aliphatic carbocycles. The molecule has 2 N–H and O–H groups in total. The first-order valence-electron chi connectivity index (χ1n) is 9.45. The van der Waals surface area contributed by atoms with E-state index in [2.05, 4.69) is 17.6 Å². The molecule has 2 bridgehead atoms. The van der Waals surface area contributed by atoms with E-state index in [0.29, 0.717) is 23.1 Å². The Balaban J connectivity index is 1.65. The smallest absolute Gasteiger partial charge is 0.267 e. The first-order valence-corrected chi connectivity index (χ1v) is 9.45. The van der Waals surface area contributed by atoms with E-state index in [1.807, 2.05) is 6.07 Å². The normalized spacial score (nSPS) is 24.8. The van der Waals surface area contributed by atoms with Gasteiger partial charge in [-0.3, -0.25) is 4.79 Å². The molecule has 4 atom stereocenters. The van der Waals surface area contributed by atoms with Crippen LogP contribution in [0, 0.1) is 29.1 Å². The van der Waals surface area contributed by atoms with Crippen LogP contribution in [0.2, 0.25) is 0 Å². The van der Waals surface area contributed by atoms with Crippen LogP contribution in [0.4, 0.5) is 5.69 Å². The number of anilines is 1. The molecule has 27 heavy (non-hydrogen) atoms. The fourth-order valence-electron chi connectivity index (χ4n) is 4.49. The third-order valence-electron chi connectivity index (χ3n) is 5.95. The molecular formula is C21H27N3O3. The quantitative estimate of drug-likeness (QED) is 0.568. The first kappa shape index (κ1) is 19.1. The molecule has 1 aromatic carbocycles. The van der Waals surface area contributed by atoms with Gasteiger partial charge in [0.1, 0.15) is 23.1 Å². The molecule has 0 aliphatic heterocycles. The Morgan fingerprint density at radius 2 is 2.11 bits per heavy atom. The SMILES string of the molecule is COc1ccc(OC)c(NC(=O)/C(C#N)=C\NC(C)C2CC3CCC2C3)c1. The predicted molar refractivity (Wildman–Crippen MR) is 103 cm³/mol. The van der Waals surface area contributed by atoms with E-state index in [1.165, 1.54) is 32.8 Å². The molecule has 3 rings (SSSR count). The molecule has 1 amide bonds. The minimum atomic E-state index is -0.475. The van der Waals surface area contributed by atoms with Crippen molar-refractivity contribution in [1.29, 1.82) is 5.26 Å². The number of carbonyl (C=O) groups is 1. The van der Waals surface area contributed by atoms with Crippen molar-refractivity contribution in [2.24, 2.45) is 17.8 Å². The monoisotopic (exact) mass is 369 g/mol. The van der Waals surface area contributed by atoms with Gasteiger partial charge in [0.05, 0.1) is 19.9 Å². The number of hydrogen-bond donors (Lipinski definition) is 2. The van der Waals surface area contributed by atoms with Gasteiger partial charge in [0.2, 0.25) is 0 Å². The van der Waals surface area contributed by atoms with Crippen LogP contribution >= 0.6 is 0 Å². The van der Waals surface area contributed by atoms with Crippen LogP contribution in [-0.4, -0.2) is 26.2 Å². The average molecular weight is 369 g/mol. The van der Waals surface area contributed by atoms with Crippen molar-refractivity contribution in [2.45, 2.75) is 38.6 Å². The van der Waals surface area contributed by atoms with Gasteiger partial charge in [-0.1, -0.05) is 6.42 Å². The summed E-state index contributed by atoms with van der Waals surface area (Å²) < 4.78 is 10.4.